The first-order valence-corrected chi connectivity index (χ1v) is 15.2. The molecule has 4 nitrogen and oxygen atoms in total. The molecule has 1 saturated heterocycles. The van der Waals surface area contributed by atoms with Crippen LogP contribution in [-0.4, -0.2) is 40.6 Å². The SMILES string of the molecule is COC(=O)CC1CN(C2CCCCCCCCCCC2)[C](=[Au])N1c1c(C(C)C)cccc1C(C)C.Cl. The van der Waals surface area contributed by atoms with Gasteiger partial charge < -0.3 is 0 Å². The van der Waals surface area contributed by atoms with Crippen LogP contribution in [0.3, 0.4) is 0 Å². The number of anilines is 1. The molecular weight excluding hydrogens is 653 g/mol. The molecule has 1 unspecified atom stereocenters. The van der Waals surface area contributed by atoms with Crippen LogP contribution in [0, 0.1) is 0 Å². The van der Waals surface area contributed by atoms with Crippen molar-refractivity contribution < 1.29 is 30.1 Å². The fraction of sp³-hybridized carbons (Fsp3) is 0.733. The number of ether oxygens (including phenoxy) is 1. The minimum absolute atomic E-state index is 0. The summed E-state index contributed by atoms with van der Waals surface area (Å²) in [4.78, 5) is 17.7. The summed E-state index contributed by atoms with van der Waals surface area (Å²) in [6.45, 7) is 10.0. The topological polar surface area (TPSA) is 32.8 Å². The zero-order valence-corrected chi connectivity index (χ0v) is 26.1. The Morgan fingerprint density at radius 1 is 0.917 bits per heavy atom. The molecule has 6 heteroatoms. The quantitative estimate of drug-likeness (QED) is 0.225. The van der Waals surface area contributed by atoms with Gasteiger partial charge in [-0.3, -0.25) is 0 Å². The normalized spacial score (nSPS) is 21.3. The molecule has 1 heterocycles. The van der Waals surface area contributed by atoms with Crippen molar-refractivity contribution in [1.82, 2.24) is 4.90 Å². The summed E-state index contributed by atoms with van der Waals surface area (Å²) >= 11 is 2.83. The summed E-state index contributed by atoms with van der Waals surface area (Å²) in [6, 6.07) is 7.41. The molecule has 209 valence electrons. The number of nitrogens with zero attached hydrogens (tertiary/aromatic N) is 2. The molecule has 1 atom stereocenters. The standard InChI is InChI=1S/C30H48N2O2.Au.ClH/c1-23(2)27-18-15-19-28(24(3)4)30(27)32-22-31(21-26(32)20-29(33)34-5)25-16-13-11-9-7-6-8-10-12-14-17-25;;/h15,18-19,23-26H,6-14,16-17,20-21H2,1-5H3;;1H. The summed E-state index contributed by atoms with van der Waals surface area (Å²) in [5, 5.41) is 0. The van der Waals surface area contributed by atoms with Crippen molar-refractivity contribution in [1.29, 1.82) is 0 Å². The molecule has 0 spiro atoms. The second-order valence-corrected chi connectivity index (χ2v) is 12.2. The molecule has 0 aromatic heterocycles. The summed E-state index contributed by atoms with van der Waals surface area (Å²) in [5.41, 5.74) is 4.06. The van der Waals surface area contributed by atoms with E-state index in [1.165, 1.54) is 98.5 Å². The minimum atomic E-state index is -0.116. The summed E-state index contributed by atoms with van der Waals surface area (Å²) < 4.78 is 6.43. The van der Waals surface area contributed by atoms with Crippen LogP contribution in [0.25, 0.3) is 0 Å². The summed E-state index contributed by atoms with van der Waals surface area (Å²) in [5.74, 6) is 0.716. The van der Waals surface area contributed by atoms with Gasteiger partial charge in [0.25, 0.3) is 0 Å². The largest absolute Gasteiger partial charge is 0.147 e. The van der Waals surface area contributed by atoms with E-state index in [0.29, 0.717) is 24.3 Å². The Labute approximate surface area is 238 Å². The first kappa shape index (κ1) is 31.6. The second-order valence-electron chi connectivity index (χ2n) is 11.2. The third-order valence-electron chi connectivity index (χ3n) is 7.90. The van der Waals surface area contributed by atoms with E-state index >= 15 is 0 Å². The fourth-order valence-corrected chi connectivity index (χ4v) is 7.11. The molecule has 0 amide bonds. The molecule has 36 heavy (non-hydrogen) atoms. The number of methoxy groups -OCH3 is 1. The van der Waals surface area contributed by atoms with Crippen molar-refractivity contribution in [3.63, 3.8) is 0 Å². The fourth-order valence-electron chi connectivity index (χ4n) is 5.88. The zero-order chi connectivity index (χ0) is 25.4. The van der Waals surface area contributed by atoms with E-state index in [0.717, 1.165) is 6.54 Å². The first-order chi connectivity index (χ1) is 16.8. The Morgan fingerprint density at radius 3 is 1.83 bits per heavy atom. The Hall–Kier alpha value is -0.650. The van der Waals surface area contributed by atoms with Crippen molar-refractivity contribution >= 4 is 28.0 Å². The molecule has 0 radical (unpaired) electrons. The van der Waals surface area contributed by atoms with E-state index in [9.17, 15) is 4.79 Å². The van der Waals surface area contributed by atoms with Crippen molar-refractivity contribution in [2.24, 2.45) is 0 Å². The van der Waals surface area contributed by atoms with Gasteiger partial charge in [-0.25, -0.2) is 0 Å². The van der Waals surface area contributed by atoms with Crippen LogP contribution in [-0.2, 0) is 30.1 Å². The number of halogens is 1. The maximum absolute atomic E-state index is 12.5. The smallest absolute Gasteiger partial charge is 0.147 e. The van der Waals surface area contributed by atoms with Crippen molar-refractivity contribution in [3.8, 4) is 0 Å². The van der Waals surface area contributed by atoms with Crippen LogP contribution in [0.2, 0.25) is 0 Å². The molecule has 2 aliphatic rings. The number of para-hydroxylation sites is 1. The molecular formula is C30H49AuClN2O2. The molecule has 1 saturated carbocycles. The predicted octanol–water partition coefficient (Wildman–Crippen LogP) is 7.72. The van der Waals surface area contributed by atoms with Crippen LogP contribution < -0.4 is 4.90 Å². The predicted molar refractivity (Wildman–Crippen MR) is 151 cm³/mol. The number of esters is 1. The molecule has 3 rings (SSSR count). The summed E-state index contributed by atoms with van der Waals surface area (Å²) in [6.07, 6.45) is 15.2. The van der Waals surface area contributed by atoms with Gasteiger partial charge in [-0.15, -0.1) is 12.4 Å². The number of hydrogen-bond acceptors (Lipinski definition) is 4. The monoisotopic (exact) mass is 701 g/mol. The Kier molecular flexibility index (Phi) is 13.8. The third kappa shape index (κ3) is 8.17. The van der Waals surface area contributed by atoms with E-state index in [-0.39, 0.29) is 24.4 Å². The zero-order valence-electron chi connectivity index (χ0n) is 23.2. The number of carbonyl (C=O) groups is 1. The van der Waals surface area contributed by atoms with Crippen LogP contribution in [0.15, 0.2) is 18.2 Å². The molecule has 0 bridgehead atoms. The van der Waals surface area contributed by atoms with E-state index in [2.05, 4.69) is 76.3 Å². The van der Waals surface area contributed by atoms with Crippen LogP contribution in [0.5, 0.6) is 0 Å². The van der Waals surface area contributed by atoms with Crippen LogP contribution in [0.4, 0.5) is 5.69 Å². The van der Waals surface area contributed by atoms with Gasteiger partial charge in [0.05, 0.1) is 0 Å². The van der Waals surface area contributed by atoms with Crippen molar-refractivity contribution in [2.45, 2.75) is 129 Å². The van der Waals surface area contributed by atoms with Gasteiger partial charge in [-0.05, 0) is 0 Å². The molecule has 1 aliphatic heterocycles. The maximum atomic E-state index is 12.5. The molecule has 1 aliphatic carbocycles. The number of rotatable bonds is 6. The molecule has 1 aromatic rings. The second kappa shape index (κ2) is 15.7. The van der Waals surface area contributed by atoms with Gasteiger partial charge in [0.1, 0.15) is 0 Å². The minimum Gasteiger partial charge on any atom is -0.147 e. The third-order valence-corrected chi connectivity index (χ3v) is 9.04. The Bertz CT molecular complexity index is 806. The molecule has 1 aromatic carbocycles. The van der Waals surface area contributed by atoms with Gasteiger partial charge >= 0.3 is 227 Å². The average molecular weight is 702 g/mol. The van der Waals surface area contributed by atoms with Gasteiger partial charge in [-0.1, -0.05) is 0 Å². The number of benzene rings is 1. The van der Waals surface area contributed by atoms with Gasteiger partial charge in [0, 0.05) is 0 Å². The van der Waals surface area contributed by atoms with E-state index in [4.69, 9.17) is 4.74 Å². The number of carbonyl (C=O) groups excluding carboxylic acids is 1. The van der Waals surface area contributed by atoms with Crippen LogP contribution >= 0.6 is 12.4 Å². The maximum Gasteiger partial charge on any atom is -0.147 e. The van der Waals surface area contributed by atoms with Crippen molar-refractivity contribution in [2.75, 3.05) is 18.6 Å². The molecule has 0 N–H and O–H groups in total. The average Bonchev–Trinajstić information content (AvgIpc) is 3.13. The Balaban J connectivity index is 0.00000456. The van der Waals surface area contributed by atoms with Crippen LogP contribution in [0.1, 0.15) is 128 Å². The molecule has 2 fully saturated rings. The van der Waals surface area contributed by atoms with Gasteiger partial charge in [-0.2, -0.15) is 0 Å². The van der Waals surface area contributed by atoms with Crippen molar-refractivity contribution in [3.05, 3.63) is 29.3 Å². The first-order valence-electron chi connectivity index (χ1n) is 14.1. The number of hydrogen-bond donors (Lipinski definition) is 0. The van der Waals surface area contributed by atoms with E-state index < -0.39 is 0 Å². The van der Waals surface area contributed by atoms with Gasteiger partial charge in [0.2, 0.25) is 0 Å². The van der Waals surface area contributed by atoms with E-state index in [1.54, 1.807) is 0 Å². The van der Waals surface area contributed by atoms with Gasteiger partial charge in [0.15, 0.2) is 0 Å². The Morgan fingerprint density at radius 2 is 1.39 bits per heavy atom. The summed E-state index contributed by atoms with van der Waals surface area (Å²) in [7, 11) is 1.51. The van der Waals surface area contributed by atoms with E-state index in [1.807, 2.05) is 0 Å².